The second-order valence-electron chi connectivity index (χ2n) is 9.41. The molecule has 212 valence electrons. The molecule has 0 aromatic heterocycles. The monoisotopic (exact) mass is 639 g/mol. The summed E-state index contributed by atoms with van der Waals surface area (Å²) >= 11 is 4.29. The Morgan fingerprint density at radius 1 is 1.00 bits per heavy atom. The zero-order valence-corrected chi connectivity index (χ0v) is 24.6. The minimum atomic E-state index is -0.520. The minimum Gasteiger partial charge on any atom is -0.493 e. The molecule has 3 aromatic rings. The second-order valence-corrected chi connectivity index (χ2v) is 11.3. The van der Waals surface area contributed by atoms with Crippen LogP contribution in [0.15, 0.2) is 76.1 Å². The summed E-state index contributed by atoms with van der Waals surface area (Å²) in [7, 11) is 1.49. The van der Waals surface area contributed by atoms with Gasteiger partial charge in [0.25, 0.3) is 11.1 Å². The Morgan fingerprint density at radius 3 is 2.46 bits per heavy atom. The number of para-hydroxylation sites is 1. The van der Waals surface area contributed by atoms with Crippen molar-refractivity contribution in [3.05, 3.63) is 93.1 Å². The summed E-state index contributed by atoms with van der Waals surface area (Å²) in [6.45, 7) is 2.21. The number of amides is 3. The first kappa shape index (κ1) is 28.7. The van der Waals surface area contributed by atoms with Gasteiger partial charge < -0.3 is 19.3 Å². The Labute approximate surface area is 249 Å². The van der Waals surface area contributed by atoms with E-state index in [1.54, 1.807) is 35.2 Å². The van der Waals surface area contributed by atoms with Gasteiger partial charge >= 0.3 is 0 Å². The minimum absolute atomic E-state index is 0.133. The van der Waals surface area contributed by atoms with Crippen molar-refractivity contribution in [2.45, 2.75) is 6.61 Å². The molecule has 2 aliphatic rings. The Bertz CT molecular complexity index is 1490. The predicted molar refractivity (Wildman–Crippen MR) is 159 cm³/mol. The van der Waals surface area contributed by atoms with Crippen molar-refractivity contribution in [1.29, 1.82) is 0 Å². The number of carbonyl (C=O) groups excluding carboxylic acids is 3. The lowest BCUT2D eigenvalue weighted by atomic mass is 10.1. The van der Waals surface area contributed by atoms with E-state index in [4.69, 9.17) is 9.47 Å². The Balaban J connectivity index is 1.23. The van der Waals surface area contributed by atoms with Gasteiger partial charge in [-0.15, -0.1) is 0 Å². The van der Waals surface area contributed by atoms with Gasteiger partial charge in [0.2, 0.25) is 5.91 Å². The molecule has 2 fully saturated rings. The standard InChI is InChI=1S/C30H27BrFN3O5S/c1-39-25-15-21(24(31)17-26(25)40-19-20-6-5-7-22(32)14-20)16-27-29(37)35(30(38)41-27)18-28(36)34-12-10-33(11-13-34)23-8-3-2-4-9-23/h2-9,14-17H,10-13,18-19H2,1H3/b27-16+. The number of anilines is 1. The van der Waals surface area contributed by atoms with Gasteiger partial charge in [0, 0.05) is 36.3 Å². The highest BCUT2D eigenvalue weighted by Crippen LogP contribution is 2.38. The SMILES string of the molecule is COc1cc(/C=C2/SC(=O)N(CC(=O)N3CCN(c4ccccc4)CC3)C2=O)c(Br)cc1OCc1cccc(F)c1. The maximum Gasteiger partial charge on any atom is 0.294 e. The number of thioether (sulfide) groups is 1. The molecule has 5 rings (SSSR count). The average Bonchev–Trinajstić information content (AvgIpc) is 3.24. The summed E-state index contributed by atoms with van der Waals surface area (Å²) in [6.07, 6.45) is 1.58. The third-order valence-corrected chi connectivity index (χ3v) is 8.37. The van der Waals surface area contributed by atoms with Crippen LogP contribution in [0.25, 0.3) is 6.08 Å². The molecule has 0 unspecified atom stereocenters. The number of rotatable bonds is 8. The van der Waals surface area contributed by atoms with Gasteiger partial charge in [-0.2, -0.15) is 0 Å². The number of piperazine rings is 1. The van der Waals surface area contributed by atoms with Gasteiger partial charge in [-0.3, -0.25) is 19.3 Å². The Kier molecular flexibility index (Phi) is 8.94. The normalized spacial score (nSPS) is 16.5. The van der Waals surface area contributed by atoms with E-state index < -0.39 is 11.1 Å². The summed E-state index contributed by atoms with van der Waals surface area (Å²) in [5.74, 6) is -0.305. The van der Waals surface area contributed by atoms with E-state index in [9.17, 15) is 18.8 Å². The molecule has 0 bridgehead atoms. The lowest BCUT2D eigenvalue weighted by molar-refractivity contribution is -0.136. The van der Waals surface area contributed by atoms with Crippen LogP contribution >= 0.6 is 27.7 Å². The zero-order chi connectivity index (χ0) is 28.9. The second kappa shape index (κ2) is 12.8. The summed E-state index contributed by atoms with van der Waals surface area (Å²) in [5, 5.41) is -0.490. The highest BCUT2D eigenvalue weighted by molar-refractivity contribution is 9.10. The fourth-order valence-corrected chi connectivity index (χ4v) is 5.85. The number of imide groups is 1. The summed E-state index contributed by atoms with van der Waals surface area (Å²) in [5.41, 5.74) is 2.35. The summed E-state index contributed by atoms with van der Waals surface area (Å²) in [6, 6.07) is 19.5. The number of hydrogen-bond donors (Lipinski definition) is 0. The molecular formula is C30H27BrFN3O5S. The third kappa shape index (κ3) is 6.74. The number of ether oxygens (including phenoxy) is 2. The number of methoxy groups -OCH3 is 1. The van der Waals surface area contributed by atoms with Crippen LogP contribution in [0.1, 0.15) is 11.1 Å². The number of nitrogens with zero attached hydrogens (tertiary/aromatic N) is 3. The van der Waals surface area contributed by atoms with Crippen LogP contribution < -0.4 is 14.4 Å². The molecule has 0 saturated carbocycles. The van der Waals surface area contributed by atoms with Gasteiger partial charge in [0.1, 0.15) is 19.0 Å². The maximum absolute atomic E-state index is 13.5. The van der Waals surface area contributed by atoms with Crippen LogP contribution in [0.5, 0.6) is 11.5 Å². The topological polar surface area (TPSA) is 79.4 Å². The average molecular weight is 641 g/mol. The third-order valence-electron chi connectivity index (χ3n) is 6.77. The molecule has 0 atom stereocenters. The van der Waals surface area contributed by atoms with E-state index in [2.05, 4.69) is 20.8 Å². The van der Waals surface area contributed by atoms with Crippen LogP contribution in [-0.2, 0) is 16.2 Å². The fourth-order valence-electron chi connectivity index (χ4n) is 4.59. The van der Waals surface area contributed by atoms with Crippen LogP contribution in [0.3, 0.4) is 0 Å². The number of halogens is 2. The summed E-state index contributed by atoms with van der Waals surface area (Å²) in [4.78, 5) is 43.9. The van der Waals surface area contributed by atoms with Gasteiger partial charge in [0.05, 0.1) is 12.0 Å². The van der Waals surface area contributed by atoms with E-state index in [1.807, 2.05) is 30.3 Å². The van der Waals surface area contributed by atoms with Crippen LogP contribution in [-0.4, -0.2) is 66.7 Å². The predicted octanol–water partition coefficient (Wildman–Crippen LogP) is 5.56. The van der Waals surface area contributed by atoms with E-state index in [0.29, 0.717) is 53.3 Å². The van der Waals surface area contributed by atoms with E-state index in [0.717, 1.165) is 22.3 Å². The number of hydrogen-bond acceptors (Lipinski definition) is 7. The fraction of sp³-hybridized carbons (Fsp3) is 0.233. The highest BCUT2D eigenvalue weighted by atomic mass is 79.9. The molecule has 2 aliphatic heterocycles. The molecule has 2 heterocycles. The van der Waals surface area contributed by atoms with E-state index in [-0.39, 0.29) is 29.8 Å². The van der Waals surface area contributed by atoms with E-state index >= 15 is 0 Å². The van der Waals surface area contributed by atoms with Crippen molar-refractivity contribution in [2.24, 2.45) is 0 Å². The van der Waals surface area contributed by atoms with Gasteiger partial charge in [-0.1, -0.05) is 46.3 Å². The molecule has 2 saturated heterocycles. The van der Waals surface area contributed by atoms with Crippen molar-refractivity contribution < 1.29 is 28.2 Å². The molecule has 8 nitrogen and oxygen atoms in total. The van der Waals surface area contributed by atoms with Crippen LogP contribution in [0.4, 0.5) is 14.9 Å². The molecule has 3 amide bonds. The largest absolute Gasteiger partial charge is 0.493 e. The molecule has 11 heteroatoms. The van der Waals surface area contributed by atoms with Crippen molar-refractivity contribution in [2.75, 3.05) is 44.7 Å². The highest BCUT2D eigenvalue weighted by Gasteiger charge is 2.37. The van der Waals surface area contributed by atoms with Crippen molar-refractivity contribution in [1.82, 2.24) is 9.80 Å². The lowest BCUT2D eigenvalue weighted by Gasteiger charge is -2.36. The van der Waals surface area contributed by atoms with Gasteiger partial charge in [-0.05, 0) is 65.4 Å². The van der Waals surface area contributed by atoms with Crippen molar-refractivity contribution in [3.63, 3.8) is 0 Å². The number of carbonyl (C=O) groups is 3. The first-order chi connectivity index (χ1) is 19.8. The number of benzene rings is 3. The van der Waals surface area contributed by atoms with Crippen molar-refractivity contribution in [3.8, 4) is 11.5 Å². The van der Waals surface area contributed by atoms with Crippen LogP contribution in [0, 0.1) is 5.82 Å². The van der Waals surface area contributed by atoms with Crippen molar-refractivity contribution >= 4 is 56.5 Å². The molecule has 0 spiro atoms. The first-order valence-corrected chi connectivity index (χ1v) is 14.5. The molecule has 3 aromatic carbocycles. The first-order valence-electron chi connectivity index (χ1n) is 12.9. The Hall–Kier alpha value is -3.83. The smallest absolute Gasteiger partial charge is 0.294 e. The quantitative estimate of drug-likeness (QED) is 0.299. The van der Waals surface area contributed by atoms with Crippen LogP contribution in [0.2, 0.25) is 0 Å². The molecule has 0 aliphatic carbocycles. The maximum atomic E-state index is 13.5. The lowest BCUT2D eigenvalue weighted by Crippen LogP contribution is -2.51. The van der Waals surface area contributed by atoms with E-state index in [1.165, 1.54) is 19.2 Å². The van der Waals surface area contributed by atoms with Gasteiger partial charge in [0.15, 0.2) is 11.5 Å². The Morgan fingerprint density at radius 2 is 1.76 bits per heavy atom. The zero-order valence-electron chi connectivity index (χ0n) is 22.2. The molecule has 0 N–H and O–H groups in total. The van der Waals surface area contributed by atoms with Gasteiger partial charge in [-0.25, -0.2) is 4.39 Å². The molecule has 0 radical (unpaired) electrons. The molecule has 41 heavy (non-hydrogen) atoms. The summed E-state index contributed by atoms with van der Waals surface area (Å²) < 4.78 is 25.4. The molecular weight excluding hydrogens is 613 g/mol.